The van der Waals surface area contributed by atoms with Crippen LogP contribution in [0.1, 0.15) is 61.9 Å². The Morgan fingerprint density at radius 3 is 2.61 bits per heavy atom. The third-order valence-electron chi connectivity index (χ3n) is 8.21. The number of tetrazole rings is 1. The predicted octanol–water partition coefficient (Wildman–Crippen LogP) is 3.96. The van der Waals surface area contributed by atoms with Crippen molar-refractivity contribution in [3.05, 3.63) is 64.7 Å². The average Bonchev–Trinajstić information content (AvgIpc) is 3.46. The Balaban J connectivity index is 1.29. The number of nitrogens with zero attached hydrogens (tertiary/aromatic N) is 4. The molecule has 0 unspecified atom stereocenters. The largest absolute Gasteiger partial charge is 0.384 e. The molecule has 5 rings (SSSR count). The first-order chi connectivity index (χ1) is 18.2. The molecule has 3 N–H and O–H groups in total. The van der Waals surface area contributed by atoms with Crippen molar-refractivity contribution < 1.29 is 14.7 Å². The fraction of sp³-hybridized carbons (Fsp3) is 0.464. The Kier molecular flexibility index (Phi) is 7.24. The summed E-state index contributed by atoms with van der Waals surface area (Å²) in [5, 5.41) is 29.4. The summed E-state index contributed by atoms with van der Waals surface area (Å²) in [6.45, 7) is 4.87. The van der Waals surface area contributed by atoms with Gasteiger partial charge in [-0.05, 0) is 54.3 Å². The first-order valence-electron chi connectivity index (χ1n) is 13.1. The molecule has 2 fully saturated rings. The van der Waals surface area contributed by atoms with E-state index in [0.29, 0.717) is 41.5 Å². The molecule has 2 aliphatic rings. The fourth-order valence-electron chi connectivity index (χ4n) is 5.94. The highest BCUT2D eigenvalue weighted by Crippen LogP contribution is 2.46. The topological polar surface area (TPSA) is 124 Å². The molecule has 9 nitrogen and oxygen atoms in total. The minimum atomic E-state index is -1.07. The lowest BCUT2D eigenvalue weighted by atomic mass is 9.66. The van der Waals surface area contributed by atoms with Gasteiger partial charge in [0.15, 0.2) is 0 Å². The number of hydrogen-bond donors (Lipinski definition) is 3. The molecule has 3 aromatic rings. The van der Waals surface area contributed by atoms with Crippen molar-refractivity contribution in [3.63, 3.8) is 0 Å². The summed E-state index contributed by atoms with van der Waals surface area (Å²) in [7, 11) is 0. The highest BCUT2D eigenvalue weighted by molar-refractivity contribution is 6.30. The zero-order valence-electron chi connectivity index (χ0n) is 21.7. The quantitative estimate of drug-likeness (QED) is 0.453. The Labute approximate surface area is 227 Å². The molecule has 1 aromatic heterocycles. The van der Waals surface area contributed by atoms with Crippen molar-refractivity contribution in [2.75, 3.05) is 13.1 Å². The molecule has 10 heteroatoms. The molecule has 0 spiro atoms. The third kappa shape index (κ3) is 5.05. The number of halogens is 1. The molecule has 38 heavy (non-hydrogen) atoms. The molecule has 3 atom stereocenters. The number of carbonyl (C=O) groups is 2. The third-order valence-corrected chi connectivity index (χ3v) is 8.46. The SMILES string of the molecule is CC1(C)CN(C(=O)[C@H]2CCCC[C@H]2NC(=O)c2cccc(-c3nn[nH]n3)c2)CC[C@]1(O)c1ccc(Cl)cc1. The minimum absolute atomic E-state index is 0.0433. The lowest BCUT2D eigenvalue weighted by molar-refractivity contribution is -0.158. The highest BCUT2D eigenvalue weighted by Gasteiger charge is 2.50. The number of nitrogens with one attached hydrogen (secondary N) is 2. The standard InChI is InChI=1S/C28H33ClN6O3/c1-27(2)17-35(15-14-28(27,38)20-10-12-21(29)13-11-20)26(37)22-8-3-4-9-23(22)30-25(36)19-7-5-6-18(16-19)24-31-33-34-32-24/h5-7,10-13,16,22-23,38H,3-4,8-9,14-15,17H2,1-2H3,(H,30,36)(H,31,32,33,34)/t22-,23+,28-/m0/s1. The number of piperidine rings is 1. The number of benzene rings is 2. The van der Waals surface area contributed by atoms with Crippen LogP contribution < -0.4 is 5.32 Å². The van der Waals surface area contributed by atoms with Crippen LogP contribution in [0.15, 0.2) is 48.5 Å². The van der Waals surface area contributed by atoms with Crippen molar-refractivity contribution in [2.45, 2.75) is 57.6 Å². The van der Waals surface area contributed by atoms with Gasteiger partial charge in [0.2, 0.25) is 11.7 Å². The van der Waals surface area contributed by atoms with Crippen LogP contribution in [0.4, 0.5) is 0 Å². The van der Waals surface area contributed by atoms with Crippen LogP contribution in [-0.4, -0.2) is 61.6 Å². The molecule has 1 saturated carbocycles. The van der Waals surface area contributed by atoms with Crippen molar-refractivity contribution in [2.24, 2.45) is 11.3 Å². The smallest absolute Gasteiger partial charge is 0.251 e. The van der Waals surface area contributed by atoms with Crippen LogP contribution in [0.2, 0.25) is 5.02 Å². The van der Waals surface area contributed by atoms with Crippen LogP contribution in [0.25, 0.3) is 11.4 Å². The number of rotatable bonds is 5. The maximum Gasteiger partial charge on any atom is 0.251 e. The minimum Gasteiger partial charge on any atom is -0.384 e. The Morgan fingerprint density at radius 1 is 1.13 bits per heavy atom. The van der Waals surface area contributed by atoms with E-state index in [1.54, 1.807) is 30.3 Å². The van der Waals surface area contributed by atoms with E-state index in [-0.39, 0.29) is 23.8 Å². The number of aromatic nitrogens is 4. The van der Waals surface area contributed by atoms with Crippen LogP contribution >= 0.6 is 11.6 Å². The van der Waals surface area contributed by atoms with Gasteiger partial charge < -0.3 is 15.3 Å². The molecule has 2 aromatic carbocycles. The van der Waals surface area contributed by atoms with Gasteiger partial charge in [0.25, 0.3) is 5.91 Å². The van der Waals surface area contributed by atoms with E-state index in [1.165, 1.54) is 0 Å². The molecular formula is C28H33ClN6O3. The summed E-state index contributed by atoms with van der Waals surface area (Å²) >= 11 is 6.06. The van der Waals surface area contributed by atoms with Gasteiger partial charge in [-0.3, -0.25) is 9.59 Å². The van der Waals surface area contributed by atoms with E-state index in [1.807, 2.05) is 36.9 Å². The number of hydrogen-bond acceptors (Lipinski definition) is 6. The molecule has 2 heterocycles. The van der Waals surface area contributed by atoms with Crippen LogP contribution in [-0.2, 0) is 10.4 Å². The van der Waals surface area contributed by atoms with E-state index < -0.39 is 11.0 Å². The van der Waals surface area contributed by atoms with E-state index >= 15 is 0 Å². The van der Waals surface area contributed by atoms with Gasteiger partial charge in [0.05, 0.1) is 11.5 Å². The van der Waals surface area contributed by atoms with Crippen molar-refractivity contribution in [3.8, 4) is 11.4 Å². The maximum atomic E-state index is 13.8. The van der Waals surface area contributed by atoms with Crippen LogP contribution in [0.5, 0.6) is 0 Å². The number of amides is 2. The Hall–Kier alpha value is -3.30. The molecule has 1 aliphatic heterocycles. The summed E-state index contributed by atoms with van der Waals surface area (Å²) < 4.78 is 0. The van der Waals surface area contributed by atoms with Gasteiger partial charge in [-0.2, -0.15) is 5.21 Å². The maximum absolute atomic E-state index is 13.8. The number of aromatic amines is 1. The summed E-state index contributed by atoms with van der Waals surface area (Å²) in [5.74, 6) is -0.0693. The van der Waals surface area contributed by atoms with Crippen LogP contribution in [0, 0.1) is 11.3 Å². The summed E-state index contributed by atoms with van der Waals surface area (Å²) in [5.41, 5.74) is 0.336. The second kappa shape index (κ2) is 10.5. The van der Waals surface area contributed by atoms with Gasteiger partial charge >= 0.3 is 0 Å². The number of aliphatic hydroxyl groups is 1. The molecule has 1 aliphatic carbocycles. The number of likely N-dealkylation sites (tertiary alicyclic amines) is 1. The molecule has 2 amide bonds. The predicted molar refractivity (Wildman–Crippen MR) is 143 cm³/mol. The lowest BCUT2D eigenvalue weighted by Crippen LogP contribution is -2.59. The second-order valence-corrected chi connectivity index (χ2v) is 11.5. The fourth-order valence-corrected chi connectivity index (χ4v) is 6.07. The molecule has 0 radical (unpaired) electrons. The Morgan fingerprint density at radius 2 is 1.89 bits per heavy atom. The molecular weight excluding hydrogens is 504 g/mol. The molecule has 200 valence electrons. The summed E-state index contributed by atoms with van der Waals surface area (Å²) in [6.07, 6.45) is 3.81. The first kappa shape index (κ1) is 26.3. The van der Waals surface area contributed by atoms with Gasteiger partial charge in [-0.15, -0.1) is 10.2 Å². The monoisotopic (exact) mass is 536 g/mol. The average molecular weight is 537 g/mol. The van der Waals surface area contributed by atoms with Gasteiger partial charge in [0, 0.05) is 40.7 Å². The number of H-pyrrole nitrogens is 1. The van der Waals surface area contributed by atoms with Crippen LogP contribution in [0.3, 0.4) is 0 Å². The van der Waals surface area contributed by atoms with E-state index in [2.05, 4.69) is 25.9 Å². The normalized spacial score (nSPS) is 25.1. The van der Waals surface area contributed by atoms with Gasteiger partial charge in [0.1, 0.15) is 0 Å². The van der Waals surface area contributed by atoms with Gasteiger partial charge in [-0.1, -0.05) is 62.6 Å². The van der Waals surface area contributed by atoms with E-state index in [9.17, 15) is 14.7 Å². The first-order valence-corrected chi connectivity index (χ1v) is 13.5. The highest BCUT2D eigenvalue weighted by atomic mass is 35.5. The summed E-state index contributed by atoms with van der Waals surface area (Å²) in [6, 6.07) is 14.1. The van der Waals surface area contributed by atoms with E-state index in [0.717, 1.165) is 31.2 Å². The van der Waals surface area contributed by atoms with Crippen molar-refractivity contribution in [1.29, 1.82) is 0 Å². The second-order valence-electron chi connectivity index (χ2n) is 11.0. The van der Waals surface area contributed by atoms with Crippen molar-refractivity contribution in [1.82, 2.24) is 30.8 Å². The lowest BCUT2D eigenvalue weighted by Gasteiger charge is -2.51. The van der Waals surface area contributed by atoms with Crippen molar-refractivity contribution >= 4 is 23.4 Å². The van der Waals surface area contributed by atoms with Gasteiger partial charge in [-0.25, -0.2) is 0 Å². The number of carbonyl (C=O) groups excluding carboxylic acids is 2. The Bertz CT molecular complexity index is 1300. The molecule has 0 bridgehead atoms. The zero-order valence-corrected chi connectivity index (χ0v) is 22.4. The summed E-state index contributed by atoms with van der Waals surface area (Å²) in [4.78, 5) is 28.9. The van der Waals surface area contributed by atoms with E-state index in [4.69, 9.17) is 11.6 Å². The zero-order chi connectivity index (χ0) is 26.9. The molecule has 1 saturated heterocycles.